The van der Waals surface area contributed by atoms with Crippen LogP contribution in [0.4, 0.5) is 0 Å². The van der Waals surface area contributed by atoms with Crippen molar-refractivity contribution < 1.29 is 9.21 Å². The normalized spacial score (nSPS) is 10.9. The molecule has 100 valence electrons. The minimum Gasteiger partial charge on any atom is -0.407 e. The molecule has 0 amide bonds. The summed E-state index contributed by atoms with van der Waals surface area (Å²) in [7, 11) is 0. The molecule has 2 aromatic carbocycles. The number of fused-ring (bicyclic) bond motifs is 1. The number of benzene rings is 2. The lowest BCUT2D eigenvalue weighted by atomic mass is 10.1. The molecule has 0 radical (unpaired) electrons. The second kappa shape index (κ2) is 4.65. The second-order valence-corrected chi connectivity index (χ2v) is 4.92. The Bertz CT molecular complexity index is 859. The van der Waals surface area contributed by atoms with Gasteiger partial charge in [-0.25, -0.2) is 9.36 Å². The topological polar surface area (TPSA) is 52.2 Å². The molecule has 0 fully saturated rings. The summed E-state index contributed by atoms with van der Waals surface area (Å²) in [4.78, 5) is 24.3. The van der Waals surface area contributed by atoms with Gasteiger partial charge in [0.25, 0.3) is 5.91 Å². The van der Waals surface area contributed by atoms with Crippen LogP contribution in [-0.4, -0.2) is 10.5 Å². The highest BCUT2D eigenvalue weighted by molar-refractivity contribution is 6.31. The molecule has 4 nitrogen and oxygen atoms in total. The van der Waals surface area contributed by atoms with Crippen molar-refractivity contribution in [2.24, 2.45) is 0 Å². The number of nitrogens with zero attached hydrogens (tertiary/aromatic N) is 1. The molecule has 0 atom stereocenters. The Morgan fingerprint density at radius 2 is 1.85 bits per heavy atom. The van der Waals surface area contributed by atoms with Crippen LogP contribution in [0.2, 0.25) is 5.02 Å². The van der Waals surface area contributed by atoms with Crippen molar-refractivity contribution >= 4 is 28.6 Å². The van der Waals surface area contributed by atoms with E-state index in [0.717, 1.165) is 10.1 Å². The van der Waals surface area contributed by atoms with Crippen LogP contribution < -0.4 is 5.76 Å². The summed E-state index contributed by atoms with van der Waals surface area (Å²) < 4.78 is 6.06. The highest BCUT2D eigenvalue weighted by atomic mass is 35.5. The zero-order chi connectivity index (χ0) is 14.3. The second-order valence-electron chi connectivity index (χ2n) is 4.49. The summed E-state index contributed by atoms with van der Waals surface area (Å²) in [6, 6.07) is 11.7. The molecular weight excluding hydrogens is 278 g/mol. The van der Waals surface area contributed by atoms with Gasteiger partial charge >= 0.3 is 5.76 Å². The van der Waals surface area contributed by atoms with Gasteiger partial charge in [-0.3, -0.25) is 4.79 Å². The number of carbonyl (C=O) groups is 1. The van der Waals surface area contributed by atoms with E-state index in [-0.39, 0.29) is 0 Å². The van der Waals surface area contributed by atoms with Gasteiger partial charge in [0, 0.05) is 16.7 Å². The predicted molar refractivity (Wildman–Crippen MR) is 76.4 cm³/mol. The van der Waals surface area contributed by atoms with Gasteiger partial charge in [-0.1, -0.05) is 29.3 Å². The van der Waals surface area contributed by atoms with Gasteiger partial charge in [0.15, 0.2) is 5.58 Å². The zero-order valence-electron chi connectivity index (χ0n) is 10.6. The molecule has 0 saturated carbocycles. The Morgan fingerprint density at radius 1 is 1.15 bits per heavy atom. The summed E-state index contributed by atoms with van der Waals surface area (Å²) in [6.45, 7) is 1.93. The third-order valence-electron chi connectivity index (χ3n) is 3.04. The van der Waals surface area contributed by atoms with E-state index in [9.17, 15) is 9.59 Å². The molecule has 0 spiro atoms. The third kappa shape index (κ3) is 2.04. The van der Waals surface area contributed by atoms with E-state index < -0.39 is 11.7 Å². The third-order valence-corrected chi connectivity index (χ3v) is 3.28. The first-order valence-corrected chi connectivity index (χ1v) is 6.36. The largest absolute Gasteiger partial charge is 0.427 e. The number of aromatic nitrogens is 1. The van der Waals surface area contributed by atoms with Crippen LogP contribution in [0.25, 0.3) is 11.1 Å². The van der Waals surface area contributed by atoms with E-state index in [4.69, 9.17) is 16.0 Å². The lowest BCUT2D eigenvalue weighted by Gasteiger charge is -2.02. The highest BCUT2D eigenvalue weighted by Crippen LogP contribution is 2.19. The number of oxazole rings is 1. The van der Waals surface area contributed by atoms with Crippen molar-refractivity contribution in [3.05, 3.63) is 69.2 Å². The molecule has 0 saturated heterocycles. The summed E-state index contributed by atoms with van der Waals surface area (Å²) in [6.07, 6.45) is 0. The monoisotopic (exact) mass is 287 g/mol. The molecule has 0 aliphatic carbocycles. The van der Waals surface area contributed by atoms with Crippen LogP contribution in [0, 0.1) is 6.92 Å². The number of rotatable bonds is 1. The quantitative estimate of drug-likeness (QED) is 0.690. The van der Waals surface area contributed by atoms with Gasteiger partial charge in [-0.15, -0.1) is 0 Å². The fraction of sp³-hybridized carbons (Fsp3) is 0.0667. The Kier molecular flexibility index (Phi) is 2.95. The fourth-order valence-corrected chi connectivity index (χ4v) is 2.17. The molecule has 1 heterocycles. The van der Waals surface area contributed by atoms with Crippen molar-refractivity contribution in [1.82, 2.24) is 4.57 Å². The molecule has 0 unspecified atom stereocenters. The molecule has 0 aliphatic rings. The van der Waals surface area contributed by atoms with Crippen molar-refractivity contribution in [3.63, 3.8) is 0 Å². The van der Waals surface area contributed by atoms with Crippen LogP contribution in [0.1, 0.15) is 15.9 Å². The number of hydrogen-bond donors (Lipinski definition) is 0. The maximum absolute atomic E-state index is 12.4. The molecule has 3 rings (SSSR count). The lowest BCUT2D eigenvalue weighted by molar-refractivity contribution is 0.0956. The SMILES string of the molecule is Cc1ccc(C(=O)n2c(=O)oc3cc(Cl)ccc32)cc1. The molecule has 3 aromatic rings. The molecule has 1 aromatic heterocycles. The van der Waals surface area contributed by atoms with Crippen LogP contribution in [-0.2, 0) is 0 Å². The van der Waals surface area contributed by atoms with Crippen molar-refractivity contribution in [2.45, 2.75) is 6.92 Å². The van der Waals surface area contributed by atoms with Crippen molar-refractivity contribution in [3.8, 4) is 0 Å². The number of carbonyl (C=O) groups excluding carboxylic acids is 1. The molecular formula is C15H10ClNO3. The summed E-state index contributed by atoms with van der Waals surface area (Å²) in [5.41, 5.74) is 2.17. The maximum Gasteiger partial charge on any atom is 0.427 e. The van der Waals surface area contributed by atoms with Gasteiger partial charge in [0.2, 0.25) is 0 Å². The molecule has 20 heavy (non-hydrogen) atoms. The van der Waals surface area contributed by atoms with Crippen LogP contribution >= 0.6 is 11.6 Å². The lowest BCUT2D eigenvalue weighted by Crippen LogP contribution is -2.23. The summed E-state index contributed by atoms with van der Waals surface area (Å²) in [5, 5.41) is 0.446. The van der Waals surface area contributed by atoms with Gasteiger partial charge in [0.05, 0.1) is 5.52 Å². The molecule has 0 N–H and O–H groups in total. The summed E-state index contributed by atoms with van der Waals surface area (Å²) in [5.74, 6) is -1.14. The van der Waals surface area contributed by atoms with Gasteiger partial charge in [-0.05, 0) is 31.2 Å². The standard InChI is InChI=1S/C15H10ClNO3/c1-9-2-4-10(5-3-9)14(18)17-12-7-6-11(16)8-13(12)20-15(17)19/h2-8H,1H3. The Hall–Kier alpha value is -2.33. The van der Waals surface area contributed by atoms with Crippen molar-refractivity contribution in [2.75, 3.05) is 0 Å². The van der Waals surface area contributed by atoms with Crippen LogP contribution in [0.15, 0.2) is 51.7 Å². The average Bonchev–Trinajstić information content (AvgIpc) is 2.73. The first-order valence-electron chi connectivity index (χ1n) is 5.99. The summed E-state index contributed by atoms with van der Waals surface area (Å²) >= 11 is 5.84. The van der Waals surface area contributed by atoms with Gasteiger partial charge in [-0.2, -0.15) is 0 Å². The Labute approximate surface area is 119 Å². The Balaban J connectivity index is 2.19. The number of aryl methyl sites for hydroxylation is 1. The fourth-order valence-electron chi connectivity index (χ4n) is 2.01. The maximum atomic E-state index is 12.4. The van der Waals surface area contributed by atoms with Crippen molar-refractivity contribution in [1.29, 1.82) is 0 Å². The molecule has 0 bridgehead atoms. The van der Waals surface area contributed by atoms with Crippen LogP contribution in [0.3, 0.4) is 0 Å². The van der Waals surface area contributed by atoms with Crippen LogP contribution in [0.5, 0.6) is 0 Å². The molecule has 0 aliphatic heterocycles. The first kappa shape index (κ1) is 12.7. The zero-order valence-corrected chi connectivity index (χ0v) is 11.3. The van der Waals surface area contributed by atoms with E-state index in [1.165, 1.54) is 6.07 Å². The number of halogens is 1. The van der Waals surface area contributed by atoms with E-state index in [1.807, 2.05) is 19.1 Å². The minimum absolute atomic E-state index is 0.294. The van der Waals surface area contributed by atoms with E-state index in [1.54, 1.807) is 24.3 Å². The average molecular weight is 288 g/mol. The van der Waals surface area contributed by atoms with Gasteiger partial charge in [0.1, 0.15) is 0 Å². The minimum atomic E-state index is -0.715. The van der Waals surface area contributed by atoms with E-state index in [0.29, 0.717) is 21.7 Å². The first-order chi connectivity index (χ1) is 9.56. The van der Waals surface area contributed by atoms with E-state index >= 15 is 0 Å². The highest BCUT2D eigenvalue weighted by Gasteiger charge is 2.17. The molecule has 5 heteroatoms. The smallest absolute Gasteiger partial charge is 0.407 e. The number of hydrogen-bond acceptors (Lipinski definition) is 3. The Morgan fingerprint density at radius 3 is 2.55 bits per heavy atom. The van der Waals surface area contributed by atoms with E-state index in [2.05, 4.69) is 0 Å². The van der Waals surface area contributed by atoms with Gasteiger partial charge < -0.3 is 4.42 Å². The predicted octanol–water partition coefficient (Wildman–Crippen LogP) is 3.24.